The fourth-order valence-corrected chi connectivity index (χ4v) is 4.47. The number of nitrogens with one attached hydrogen (secondary N) is 1. The van der Waals surface area contributed by atoms with Gasteiger partial charge in [0, 0.05) is 34.2 Å². The number of carbonyl (C=O) groups is 1. The third kappa shape index (κ3) is 4.78. The summed E-state index contributed by atoms with van der Waals surface area (Å²) in [5.74, 6) is 0.803. The molecule has 2 aromatic rings. The van der Waals surface area contributed by atoms with Gasteiger partial charge in [-0.25, -0.2) is 9.59 Å². The minimum Gasteiger partial charge on any atom is -0.450 e. The Hall–Kier alpha value is -1.95. The third-order valence-corrected chi connectivity index (χ3v) is 5.80. The zero-order valence-electron chi connectivity index (χ0n) is 14.4. The number of hydrogen-bond acceptors (Lipinski definition) is 5. The van der Waals surface area contributed by atoms with Gasteiger partial charge in [-0.3, -0.25) is 5.32 Å². The molecule has 134 valence electrons. The van der Waals surface area contributed by atoms with E-state index in [1.54, 1.807) is 25.1 Å². The summed E-state index contributed by atoms with van der Waals surface area (Å²) in [5.41, 5.74) is 1.66. The van der Waals surface area contributed by atoms with Crippen LogP contribution >= 0.6 is 11.8 Å². The molecule has 1 saturated carbocycles. The van der Waals surface area contributed by atoms with E-state index in [1.165, 1.54) is 32.1 Å². The minimum absolute atomic E-state index is 0.303. The molecule has 1 aromatic carbocycles. The summed E-state index contributed by atoms with van der Waals surface area (Å²) in [7, 11) is 0. The molecule has 1 aromatic heterocycles. The van der Waals surface area contributed by atoms with Crippen LogP contribution in [0.1, 0.15) is 44.6 Å². The standard InChI is InChI=1S/C19H23NO4S/c1-2-23-19(22)20-14-8-9-16-13(10-18(21)24-17(16)11-14)12-25-15-6-4-3-5-7-15/h8-11,15H,2-7,12H2,1H3,(H,20,22). The summed E-state index contributed by atoms with van der Waals surface area (Å²) < 4.78 is 10.2. The van der Waals surface area contributed by atoms with Crippen LogP contribution in [-0.4, -0.2) is 18.0 Å². The number of ether oxygens (including phenoxy) is 1. The van der Waals surface area contributed by atoms with Crippen molar-refractivity contribution < 1.29 is 13.9 Å². The number of anilines is 1. The number of fused-ring (bicyclic) bond motifs is 1. The molecule has 1 heterocycles. The predicted molar refractivity (Wildman–Crippen MR) is 101 cm³/mol. The van der Waals surface area contributed by atoms with E-state index in [9.17, 15) is 9.59 Å². The number of benzene rings is 1. The number of thioether (sulfide) groups is 1. The lowest BCUT2D eigenvalue weighted by molar-refractivity contribution is 0.168. The monoisotopic (exact) mass is 361 g/mol. The van der Waals surface area contributed by atoms with Gasteiger partial charge in [-0.2, -0.15) is 11.8 Å². The number of carbonyl (C=O) groups excluding carboxylic acids is 1. The third-order valence-electron chi connectivity index (χ3n) is 4.38. The zero-order chi connectivity index (χ0) is 17.6. The molecule has 1 aliphatic rings. The Labute approximate surface area is 151 Å². The molecule has 0 aliphatic heterocycles. The van der Waals surface area contributed by atoms with E-state index in [1.807, 2.05) is 17.8 Å². The van der Waals surface area contributed by atoms with Crippen molar-refractivity contribution in [3.8, 4) is 0 Å². The van der Waals surface area contributed by atoms with E-state index in [0.29, 0.717) is 23.1 Å². The first kappa shape index (κ1) is 17.9. The fraction of sp³-hybridized carbons (Fsp3) is 0.474. The second kappa shape index (κ2) is 8.43. The van der Waals surface area contributed by atoms with Crippen LogP contribution in [0.3, 0.4) is 0 Å². The molecule has 0 saturated heterocycles. The molecule has 0 bridgehead atoms. The fourth-order valence-electron chi connectivity index (χ4n) is 3.15. The zero-order valence-corrected chi connectivity index (χ0v) is 15.2. The van der Waals surface area contributed by atoms with E-state index in [2.05, 4.69) is 5.32 Å². The van der Waals surface area contributed by atoms with Gasteiger partial charge in [0.25, 0.3) is 0 Å². The van der Waals surface area contributed by atoms with Crippen molar-refractivity contribution >= 4 is 34.5 Å². The Balaban J connectivity index is 1.78. The molecule has 0 atom stereocenters. The Morgan fingerprint density at radius 1 is 1.28 bits per heavy atom. The summed E-state index contributed by atoms with van der Waals surface area (Å²) in [6.07, 6.45) is 5.95. The Kier molecular flexibility index (Phi) is 6.02. The largest absolute Gasteiger partial charge is 0.450 e. The van der Waals surface area contributed by atoms with Gasteiger partial charge >= 0.3 is 11.7 Å². The lowest BCUT2D eigenvalue weighted by atomic mass is 10.0. The molecular weight excluding hydrogens is 338 g/mol. The van der Waals surface area contributed by atoms with Crippen LogP contribution in [0, 0.1) is 0 Å². The van der Waals surface area contributed by atoms with Crippen LogP contribution < -0.4 is 10.9 Å². The van der Waals surface area contributed by atoms with Crippen molar-refractivity contribution in [2.75, 3.05) is 11.9 Å². The van der Waals surface area contributed by atoms with Crippen molar-refractivity contribution in [3.05, 3.63) is 40.2 Å². The molecule has 1 N–H and O–H groups in total. The van der Waals surface area contributed by atoms with E-state index in [-0.39, 0.29) is 5.63 Å². The van der Waals surface area contributed by atoms with Crippen molar-refractivity contribution in [1.29, 1.82) is 0 Å². The van der Waals surface area contributed by atoms with Crippen LogP contribution in [0.4, 0.5) is 10.5 Å². The van der Waals surface area contributed by atoms with Crippen LogP contribution in [0.5, 0.6) is 0 Å². The highest BCUT2D eigenvalue weighted by molar-refractivity contribution is 7.99. The topological polar surface area (TPSA) is 68.5 Å². The maximum atomic E-state index is 11.9. The molecule has 3 rings (SSSR count). The lowest BCUT2D eigenvalue weighted by Crippen LogP contribution is -2.13. The van der Waals surface area contributed by atoms with Crippen LogP contribution in [0.2, 0.25) is 0 Å². The molecule has 5 nitrogen and oxygen atoms in total. The second-order valence-electron chi connectivity index (χ2n) is 6.22. The average Bonchev–Trinajstić information content (AvgIpc) is 2.60. The average molecular weight is 361 g/mol. The van der Waals surface area contributed by atoms with Crippen molar-refractivity contribution in [2.24, 2.45) is 0 Å². The first-order valence-corrected chi connectivity index (χ1v) is 9.82. The first-order chi connectivity index (χ1) is 12.2. The van der Waals surface area contributed by atoms with E-state index < -0.39 is 6.09 Å². The summed E-state index contributed by atoms with van der Waals surface area (Å²) in [6.45, 7) is 2.05. The van der Waals surface area contributed by atoms with Gasteiger partial charge < -0.3 is 9.15 Å². The highest BCUT2D eigenvalue weighted by Crippen LogP contribution is 2.32. The molecule has 0 unspecified atom stereocenters. The van der Waals surface area contributed by atoms with Gasteiger partial charge in [0.15, 0.2) is 0 Å². The normalized spacial score (nSPS) is 15.2. The lowest BCUT2D eigenvalue weighted by Gasteiger charge is -2.21. The van der Waals surface area contributed by atoms with Crippen molar-refractivity contribution in [1.82, 2.24) is 0 Å². The molecule has 6 heteroatoms. The van der Waals surface area contributed by atoms with E-state index in [4.69, 9.17) is 9.15 Å². The summed E-state index contributed by atoms with van der Waals surface area (Å²) in [4.78, 5) is 23.4. The number of hydrogen-bond donors (Lipinski definition) is 1. The summed E-state index contributed by atoms with van der Waals surface area (Å²) in [5, 5.41) is 4.22. The predicted octanol–water partition coefficient (Wildman–Crippen LogP) is 4.93. The quantitative estimate of drug-likeness (QED) is 0.765. The molecular formula is C19H23NO4S. The van der Waals surface area contributed by atoms with Crippen LogP contribution in [0.25, 0.3) is 11.0 Å². The van der Waals surface area contributed by atoms with E-state index >= 15 is 0 Å². The van der Waals surface area contributed by atoms with Crippen molar-refractivity contribution in [3.63, 3.8) is 0 Å². The van der Waals surface area contributed by atoms with Crippen molar-refractivity contribution in [2.45, 2.75) is 50.0 Å². The van der Waals surface area contributed by atoms with E-state index in [0.717, 1.165) is 16.7 Å². The number of amides is 1. The summed E-state index contributed by atoms with van der Waals surface area (Å²) >= 11 is 1.93. The van der Waals surface area contributed by atoms with Crippen LogP contribution in [0.15, 0.2) is 33.5 Å². The maximum Gasteiger partial charge on any atom is 0.411 e. The summed E-state index contributed by atoms with van der Waals surface area (Å²) in [6, 6.07) is 6.93. The molecule has 0 radical (unpaired) electrons. The Morgan fingerprint density at radius 3 is 2.84 bits per heavy atom. The Morgan fingerprint density at radius 2 is 2.08 bits per heavy atom. The maximum absolute atomic E-state index is 11.9. The second-order valence-corrected chi connectivity index (χ2v) is 7.51. The van der Waals surface area contributed by atoms with Gasteiger partial charge in [-0.1, -0.05) is 19.3 Å². The molecule has 1 fully saturated rings. The van der Waals surface area contributed by atoms with Gasteiger partial charge in [0.2, 0.25) is 0 Å². The molecule has 25 heavy (non-hydrogen) atoms. The smallest absolute Gasteiger partial charge is 0.411 e. The van der Waals surface area contributed by atoms with Gasteiger partial charge in [0.05, 0.1) is 6.61 Å². The first-order valence-electron chi connectivity index (χ1n) is 8.78. The van der Waals surface area contributed by atoms with Gasteiger partial charge in [-0.15, -0.1) is 0 Å². The SMILES string of the molecule is CCOC(=O)Nc1ccc2c(CSC3CCCCC3)cc(=O)oc2c1. The van der Waals surface area contributed by atoms with Gasteiger partial charge in [-0.05, 0) is 37.5 Å². The molecule has 1 amide bonds. The van der Waals surface area contributed by atoms with Gasteiger partial charge in [0.1, 0.15) is 5.58 Å². The Bertz CT molecular complexity index is 796. The van der Waals surface area contributed by atoms with Crippen LogP contribution in [-0.2, 0) is 10.5 Å². The molecule has 0 spiro atoms. The highest BCUT2D eigenvalue weighted by Gasteiger charge is 2.15. The minimum atomic E-state index is -0.520. The molecule has 1 aliphatic carbocycles. The number of rotatable bonds is 5. The highest BCUT2D eigenvalue weighted by atomic mass is 32.2.